The van der Waals surface area contributed by atoms with Gasteiger partial charge in [-0.05, 0) is 147 Å². The van der Waals surface area contributed by atoms with Gasteiger partial charge in [0.15, 0.2) is 0 Å². The minimum atomic E-state index is 0.0707. The zero-order chi connectivity index (χ0) is 96.0. The molecule has 682 valence electrons. The maximum atomic E-state index is 4.14. The van der Waals surface area contributed by atoms with Gasteiger partial charge in [0.2, 0.25) is 0 Å². The van der Waals surface area contributed by atoms with Gasteiger partial charge in [0.1, 0.15) is 18.5 Å². The van der Waals surface area contributed by atoms with Gasteiger partial charge in [-0.15, -0.1) is 0 Å². The van der Waals surface area contributed by atoms with Gasteiger partial charge >= 0.3 is 0 Å². The van der Waals surface area contributed by atoms with Gasteiger partial charge in [-0.1, -0.05) is 417 Å². The Morgan fingerprint density at radius 2 is 0.496 bits per heavy atom. The molecule has 0 fully saturated rings. The molecule has 0 atom stereocenters. The molecule has 0 N–H and O–H groups in total. The van der Waals surface area contributed by atoms with E-state index in [1.54, 1.807) is 56.0 Å². The van der Waals surface area contributed by atoms with Crippen molar-refractivity contribution in [3.8, 4) is 0 Å². The lowest BCUT2D eigenvalue weighted by atomic mass is 9.87. The van der Waals surface area contributed by atoms with Crippen LogP contribution in [0.3, 0.4) is 0 Å². The summed E-state index contributed by atoms with van der Waals surface area (Å²) in [7, 11) is 0. The van der Waals surface area contributed by atoms with Crippen LogP contribution >= 0.6 is 0 Å². The quantitative estimate of drug-likeness (QED) is 0.142. The number of hydrogen-bond acceptors (Lipinski definition) is 12. The molecular weight excluding hydrogens is 1450 g/mol. The minimum absolute atomic E-state index is 0.0707. The van der Waals surface area contributed by atoms with Crippen molar-refractivity contribution in [3.63, 3.8) is 0 Å². The van der Waals surface area contributed by atoms with Crippen molar-refractivity contribution < 1.29 is 0 Å². The molecule has 0 aliphatic heterocycles. The molecule has 8 aromatic rings. The van der Waals surface area contributed by atoms with Crippen LogP contribution in [-0.2, 0) is 43.3 Å². The second-order valence-corrected chi connectivity index (χ2v) is 50.1. The lowest BCUT2D eigenvalue weighted by molar-refractivity contribution is 0.469. The summed E-state index contributed by atoms with van der Waals surface area (Å²) in [5.74, 6) is 1.73. The van der Waals surface area contributed by atoms with E-state index in [2.05, 4.69) is 490 Å². The van der Waals surface area contributed by atoms with Gasteiger partial charge in [0, 0.05) is 90.1 Å². The zero-order valence-electron chi connectivity index (χ0n) is 88.6. The fraction of sp³-hybridized carbons (Fsp3) is 0.664. The fourth-order valence-corrected chi connectivity index (χ4v) is 6.14. The van der Waals surface area contributed by atoms with E-state index in [1.807, 2.05) is 67.4 Å². The third-order valence-corrected chi connectivity index (χ3v) is 11.5. The fourth-order valence-electron chi connectivity index (χ4n) is 6.14. The monoisotopic (exact) mass is 1650 g/mol. The molecule has 12 heteroatoms. The van der Waals surface area contributed by atoms with Gasteiger partial charge in [-0.2, -0.15) is 20.4 Å². The Bertz CT molecular complexity index is 2780. The van der Waals surface area contributed by atoms with E-state index in [0.29, 0.717) is 43.3 Å². The molecule has 0 radical (unpaired) electrons. The number of benzene rings is 1. The first kappa shape index (κ1) is 128. The smallest absolute Gasteiger partial charge is 0.133 e. The van der Waals surface area contributed by atoms with E-state index in [1.165, 1.54) is 27.8 Å². The molecule has 0 spiro atoms. The normalized spacial score (nSPS) is 11.6. The van der Waals surface area contributed by atoms with Gasteiger partial charge in [-0.25, -0.2) is 29.9 Å². The molecule has 0 aliphatic carbocycles. The summed E-state index contributed by atoms with van der Waals surface area (Å²) in [6, 6.07) is 28.4. The Labute approximate surface area is 740 Å². The maximum absolute atomic E-state index is 4.14. The predicted molar refractivity (Wildman–Crippen MR) is 531 cm³/mol. The van der Waals surface area contributed by atoms with E-state index in [-0.39, 0.29) is 37.9 Å². The van der Waals surface area contributed by atoms with Crippen molar-refractivity contribution in [2.75, 3.05) is 0 Å². The van der Waals surface area contributed by atoms with Crippen LogP contribution in [-0.4, -0.2) is 60.3 Å². The van der Waals surface area contributed by atoms with Crippen molar-refractivity contribution in [2.45, 2.75) is 424 Å². The molecule has 7 heterocycles. The number of aromatic nitrogens is 12. The van der Waals surface area contributed by atoms with Crippen LogP contribution in [0.4, 0.5) is 0 Å². The number of nitrogens with zero attached hydrogens (tertiary/aromatic N) is 12. The Balaban J connectivity index is -0.000000186. The summed E-state index contributed by atoms with van der Waals surface area (Å²) >= 11 is 0. The Hall–Kier alpha value is -7.08. The number of rotatable bonds is 0. The molecule has 0 bridgehead atoms. The van der Waals surface area contributed by atoms with E-state index >= 15 is 0 Å². The van der Waals surface area contributed by atoms with E-state index in [4.69, 9.17) is 0 Å². The van der Waals surface area contributed by atoms with Gasteiger partial charge in [0.25, 0.3) is 0 Å². The van der Waals surface area contributed by atoms with Crippen LogP contribution in [0.15, 0.2) is 172 Å². The Morgan fingerprint density at radius 3 is 0.697 bits per heavy atom. The molecule has 1 aromatic carbocycles. The van der Waals surface area contributed by atoms with Crippen LogP contribution in [0.25, 0.3) is 0 Å². The predicted octanol–water partition coefficient (Wildman–Crippen LogP) is 32.6. The second kappa shape index (κ2) is 59.6. The third kappa shape index (κ3) is 120. The molecule has 8 rings (SSSR count). The van der Waals surface area contributed by atoms with Crippen molar-refractivity contribution in [3.05, 3.63) is 217 Å². The summed E-state index contributed by atoms with van der Waals surface area (Å²) in [5, 5.41) is 15.3. The average Bonchev–Trinajstić information content (AvgIpc) is 0.929. The van der Waals surface area contributed by atoms with Crippen LogP contribution in [0, 0.1) is 43.8 Å². The highest BCUT2D eigenvalue weighted by Crippen LogP contribution is 2.25. The van der Waals surface area contributed by atoms with E-state index in [9.17, 15) is 0 Å². The van der Waals surface area contributed by atoms with Crippen molar-refractivity contribution in [1.82, 2.24) is 60.3 Å². The van der Waals surface area contributed by atoms with Crippen LogP contribution < -0.4 is 0 Å². The minimum Gasteiger partial charge on any atom is -0.265 e. The maximum Gasteiger partial charge on any atom is 0.133 e. The Morgan fingerprint density at radius 1 is 0.193 bits per heavy atom. The first-order valence-electron chi connectivity index (χ1n) is 43.3. The number of hydrogen-bond donors (Lipinski definition) is 0. The van der Waals surface area contributed by atoms with Crippen LogP contribution in [0.2, 0.25) is 0 Å². The molecular formula is C107H194N12. The largest absolute Gasteiger partial charge is 0.265 e. The highest BCUT2D eigenvalue weighted by atomic mass is 15.1. The summed E-state index contributed by atoms with van der Waals surface area (Å²) in [6.07, 6.45) is 24.8. The van der Waals surface area contributed by atoms with Crippen molar-refractivity contribution >= 4 is 0 Å². The van der Waals surface area contributed by atoms with E-state index in [0.717, 1.165) is 23.1 Å². The molecule has 0 unspecified atom stereocenters. The SMILES string of the molecule is CC(C)(C)C.CC(C)(C)C.CC(C)(C)C.CC(C)(C)C.CC(C)(C)C.CC(C)(C)C.CC(C)(C)C.CC(C)(C)c1ccccc1.CC(C)(C)c1cccnc1.CC(C)(C)c1cccnn1.CC(C)(C)c1ccncc1.CC(C)(C)c1ccncn1.CC(C)(C)c1ccnnc1.CC(C)(C)c1cncnc1.CC(C)(C)c1ncccn1.CC(C)C. The van der Waals surface area contributed by atoms with E-state index < -0.39 is 0 Å². The van der Waals surface area contributed by atoms with Gasteiger partial charge < -0.3 is 0 Å². The van der Waals surface area contributed by atoms with Crippen LogP contribution in [0.1, 0.15) is 426 Å². The molecule has 0 saturated heterocycles. The molecule has 119 heavy (non-hydrogen) atoms. The van der Waals surface area contributed by atoms with Gasteiger partial charge in [-0.3, -0.25) is 9.97 Å². The third-order valence-electron chi connectivity index (χ3n) is 11.5. The number of pyridine rings is 2. The first-order valence-corrected chi connectivity index (χ1v) is 43.3. The lowest BCUT2D eigenvalue weighted by Crippen LogP contribution is -2.14. The second-order valence-electron chi connectivity index (χ2n) is 50.1. The summed E-state index contributed by atoms with van der Waals surface area (Å²) in [4.78, 5) is 32.2. The molecule has 0 amide bonds. The standard InChI is InChI=1S/C10H14.2C9H13N.5C8H12N2.7C5H12.C4H10/c1-10(2,3)9-7-5-4-6-8-9;1-9(2,3)8-4-6-10-7-5-8;1-9(2,3)8-5-4-6-10-7-8;1-8(2,3)7-4-9-6-10-5-7;1-8(2,3)7-4-5-9-6-10-7;1-8(2,3)7-4-5-9-10-6-7;1-8(2,3)7-9-5-4-6-10-7;1-8(2,3)7-5-4-6-9-10-7;7*1-5(2,3)4;1-4(2)3/h4-8H,1-3H3;2*4-7H,1-3H3;5*4-6H,1-3H3;7*1-4H3;4H,1-3H3. The first-order chi connectivity index (χ1) is 52.6. The summed E-state index contributed by atoms with van der Waals surface area (Å²) in [6.45, 7) is 120. The molecule has 0 aliphatic rings. The van der Waals surface area contributed by atoms with Crippen LogP contribution in [0.5, 0.6) is 0 Å². The zero-order valence-corrected chi connectivity index (χ0v) is 88.6. The van der Waals surface area contributed by atoms with Gasteiger partial charge in [0.05, 0.1) is 11.9 Å². The molecule has 0 saturated carbocycles. The Kier molecular flexibility index (Phi) is 63.9. The summed E-state index contributed by atoms with van der Waals surface area (Å²) in [5.41, 5.74) is 13.5. The molecule has 7 aromatic heterocycles. The topological polar surface area (TPSA) is 155 Å². The average molecular weight is 1650 g/mol. The highest BCUT2D eigenvalue weighted by Gasteiger charge is 2.19. The van der Waals surface area contributed by atoms with Crippen molar-refractivity contribution in [2.24, 2.45) is 43.8 Å². The summed E-state index contributed by atoms with van der Waals surface area (Å²) < 4.78 is 0. The van der Waals surface area contributed by atoms with Crippen molar-refractivity contribution in [1.29, 1.82) is 0 Å². The highest BCUT2D eigenvalue weighted by molar-refractivity contribution is 5.23. The molecule has 12 nitrogen and oxygen atoms in total. The lowest BCUT2D eigenvalue weighted by Gasteiger charge is -2.18.